The number of sulfonamides is 1. The number of nitrogens with zero attached hydrogens (tertiary/aromatic N) is 2. The van der Waals surface area contributed by atoms with Gasteiger partial charge in [0.2, 0.25) is 5.13 Å². The Labute approximate surface area is 124 Å². The highest BCUT2D eigenvalue weighted by Crippen LogP contribution is 2.20. The van der Waals surface area contributed by atoms with Gasteiger partial charge in [-0.05, 0) is 25.1 Å². The third-order valence-electron chi connectivity index (χ3n) is 2.30. The molecule has 0 fully saturated rings. The van der Waals surface area contributed by atoms with Gasteiger partial charge in [0.1, 0.15) is 17.4 Å². The average molecular weight is 327 g/mol. The summed E-state index contributed by atoms with van der Waals surface area (Å²) in [7, 11) is -3.94. The number of aliphatic hydroxyl groups excluding tert-OH is 1. The van der Waals surface area contributed by atoms with Crippen molar-refractivity contribution >= 4 is 26.5 Å². The quantitative estimate of drug-likeness (QED) is 0.825. The summed E-state index contributed by atoms with van der Waals surface area (Å²) in [5.74, 6) is 3.89. The van der Waals surface area contributed by atoms with Gasteiger partial charge in [0.25, 0.3) is 10.0 Å². The van der Waals surface area contributed by atoms with Crippen LogP contribution in [-0.4, -0.2) is 30.3 Å². The van der Waals surface area contributed by atoms with Crippen molar-refractivity contribution in [1.82, 2.24) is 10.2 Å². The monoisotopic (exact) mass is 327 g/mol. The molecule has 2 N–H and O–H groups in total. The smallest absolute Gasteiger partial charge is 0.263 e. The van der Waals surface area contributed by atoms with Crippen LogP contribution in [0, 0.1) is 24.6 Å². The third-order valence-corrected chi connectivity index (χ3v) is 4.52. The molecule has 2 rings (SSSR count). The fourth-order valence-corrected chi connectivity index (χ4v) is 3.24. The van der Waals surface area contributed by atoms with Crippen molar-refractivity contribution in [2.45, 2.75) is 11.8 Å². The highest BCUT2D eigenvalue weighted by Gasteiger charge is 2.18. The molecule has 1 aromatic heterocycles. The molecule has 6 nitrogen and oxygen atoms in total. The number of halogens is 1. The lowest BCUT2D eigenvalue weighted by Crippen LogP contribution is -2.13. The summed E-state index contributed by atoms with van der Waals surface area (Å²) >= 11 is 1.07. The first-order valence-electron chi connectivity index (χ1n) is 5.64. The van der Waals surface area contributed by atoms with E-state index in [0.29, 0.717) is 5.01 Å². The van der Waals surface area contributed by atoms with Gasteiger partial charge in [-0.25, -0.2) is 12.8 Å². The number of anilines is 1. The maximum Gasteiger partial charge on any atom is 0.263 e. The summed E-state index contributed by atoms with van der Waals surface area (Å²) in [5.41, 5.74) is 0.00904. The molecule has 0 atom stereocenters. The molecule has 0 saturated heterocycles. The van der Waals surface area contributed by atoms with Crippen LogP contribution < -0.4 is 4.72 Å². The molecule has 21 heavy (non-hydrogen) atoms. The lowest BCUT2D eigenvalue weighted by atomic mass is 10.2. The summed E-state index contributed by atoms with van der Waals surface area (Å²) < 4.78 is 40.1. The van der Waals surface area contributed by atoms with E-state index in [2.05, 4.69) is 26.8 Å². The fourth-order valence-electron chi connectivity index (χ4n) is 1.41. The topological polar surface area (TPSA) is 92.2 Å². The number of hydrogen-bond donors (Lipinski definition) is 2. The fraction of sp³-hybridized carbons (Fsp3) is 0.167. The molecule has 0 bridgehead atoms. The van der Waals surface area contributed by atoms with Crippen molar-refractivity contribution in [2.24, 2.45) is 0 Å². The number of hydrogen-bond acceptors (Lipinski definition) is 6. The minimum atomic E-state index is -3.94. The summed E-state index contributed by atoms with van der Waals surface area (Å²) in [6.45, 7) is 1.28. The molecule has 0 radical (unpaired) electrons. The third kappa shape index (κ3) is 3.75. The Hall–Kier alpha value is -2.02. The van der Waals surface area contributed by atoms with Gasteiger partial charge < -0.3 is 5.11 Å². The molecule has 9 heteroatoms. The van der Waals surface area contributed by atoms with E-state index < -0.39 is 22.4 Å². The van der Waals surface area contributed by atoms with Crippen LogP contribution in [0.4, 0.5) is 9.52 Å². The number of benzene rings is 1. The maximum absolute atomic E-state index is 13.7. The molecule has 1 heterocycles. The Kier molecular flexibility index (Phi) is 4.52. The largest absolute Gasteiger partial charge is 0.384 e. The molecule has 0 aliphatic carbocycles. The number of aryl methyl sites for hydroxylation is 1. The van der Waals surface area contributed by atoms with Gasteiger partial charge in [-0.1, -0.05) is 23.2 Å². The highest BCUT2D eigenvalue weighted by atomic mass is 32.2. The second kappa shape index (κ2) is 6.17. The van der Waals surface area contributed by atoms with Crippen molar-refractivity contribution in [2.75, 3.05) is 11.3 Å². The van der Waals surface area contributed by atoms with Crippen LogP contribution in [-0.2, 0) is 10.0 Å². The van der Waals surface area contributed by atoms with E-state index in [1.807, 2.05) is 0 Å². The van der Waals surface area contributed by atoms with Crippen LogP contribution in [0.15, 0.2) is 23.1 Å². The van der Waals surface area contributed by atoms with Crippen molar-refractivity contribution in [3.05, 3.63) is 34.6 Å². The lowest BCUT2D eigenvalue weighted by Gasteiger charge is -2.05. The molecule has 0 aliphatic heterocycles. The Balaban J connectivity index is 2.30. The molecular formula is C12H10FN3O3S2. The van der Waals surface area contributed by atoms with Gasteiger partial charge in [0.15, 0.2) is 0 Å². The lowest BCUT2D eigenvalue weighted by molar-refractivity contribution is 0.350. The average Bonchev–Trinajstić information content (AvgIpc) is 2.82. The predicted molar refractivity (Wildman–Crippen MR) is 75.8 cm³/mol. The number of aromatic nitrogens is 2. The molecule has 0 amide bonds. The van der Waals surface area contributed by atoms with E-state index in [9.17, 15) is 12.8 Å². The molecule has 2 aromatic rings. The normalized spacial score (nSPS) is 10.8. The second-order valence-corrected chi connectivity index (χ2v) is 6.70. The minimum Gasteiger partial charge on any atom is -0.384 e. The molecule has 0 unspecified atom stereocenters. The Bertz CT molecular complexity index is 822. The van der Waals surface area contributed by atoms with Gasteiger partial charge >= 0.3 is 0 Å². The van der Waals surface area contributed by atoms with E-state index in [0.717, 1.165) is 17.4 Å². The predicted octanol–water partition coefficient (Wildman–Crippen LogP) is 1.13. The van der Waals surface area contributed by atoms with Crippen molar-refractivity contribution < 1.29 is 17.9 Å². The number of rotatable bonds is 3. The van der Waals surface area contributed by atoms with E-state index >= 15 is 0 Å². The number of nitrogens with one attached hydrogen (secondary N) is 1. The van der Waals surface area contributed by atoms with Gasteiger partial charge in [0.05, 0.1) is 10.5 Å². The highest BCUT2D eigenvalue weighted by molar-refractivity contribution is 7.93. The van der Waals surface area contributed by atoms with Gasteiger partial charge in [0, 0.05) is 0 Å². The zero-order chi connectivity index (χ0) is 15.5. The summed E-state index contributed by atoms with van der Waals surface area (Å²) in [5, 5.41) is 16.6. The van der Waals surface area contributed by atoms with Crippen LogP contribution in [0.2, 0.25) is 0 Å². The molecule has 0 spiro atoms. The first-order valence-corrected chi connectivity index (χ1v) is 7.94. The Morgan fingerprint density at radius 1 is 1.43 bits per heavy atom. The van der Waals surface area contributed by atoms with E-state index in [1.54, 1.807) is 6.92 Å². The van der Waals surface area contributed by atoms with Gasteiger partial charge in [-0.2, -0.15) is 0 Å². The van der Waals surface area contributed by atoms with Crippen LogP contribution in [0.25, 0.3) is 0 Å². The van der Waals surface area contributed by atoms with Crippen molar-refractivity contribution in [3.8, 4) is 11.8 Å². The minimum absolute atomic E-state index is 0.00904. The zero-order valence-electron chi connectivity index (χ0n) is 10.8. The van der Waals surface area contributed by atoms with Crippen molar-refractivity contribution in [1.29, 1.82) is 0 Å². The SMILES string of the molecule is Cc1nnc(NS(=O)(=O)c2ccc(C#CCO)c(F)c2)s1. The second-order valence-electron chi connectivity index (χ2n) is 3.83. The van der Waals surface area contributed by atoms with Crippen LogP contribution >= 0.6 is 11.3 Å². The van der Waals surface area contributed by atoms with E-state index in [4.69, 9.17) is 5.11 Å². The molecule has 0 aliphatic rings. The van der Waals surface area contributed by atoms with Gasteiger partial charge in [-0.3, -0.25) is 4.72 Å². The molecule has 110 valence electrons. The Morgan fingerprint density at radius 3 is 2.76 bits per heavy atom. The van der Waals surface area contributed by atoms with Gasteiger partial charge in [-0.15, -0.1) is 10.2 Å². The van der Waals surface area contributed by atoms with Crippen LogP contribution in [0.1, 0.15) is 10.6 Å². The van der Waals surface area contributed by atoms with Crippen LogP contribution in [0.5, 0.6) is 0 Å². The molecular weight excluding hydrogens is 317 g/mol. The maximum atomic E-state index is 13.7. The Morgan fingerprint density at radius 2 is 2.19 bits per heavy atom. The van der Waals surface area contributed by atoms with E-state index in [-0.39, 0.29) is 15.6 Å². The zero-order valence-corrected chi connectivity index (χ0v) is 12.4. The van der Waals surface area contributed by atoms with E-state index in [1.165, 1.54) is 12.1 Å². The first kappa shape index (κ1) is 15.4. The van der Waals surface area contributed by atoms with Crippen LogP contribution in [0.3, 0.4) is 0 Å². The first-order chi connectivity index (χ1) is 9.92. The molecule has 1 aromatic carbocycles. The summed E-state index contributed by atoms with van der Waals surface area (Å²) in [6.07, 6.45) is 0. The summed E-state index contributed by atoms with van der Waals surface area (Å²) in [6, 6.07) is 3.32. The van der Waals surface area contributed by atoms with Crippen molar-refractivity contribution in [3.63, 3.8) is 0 Å². The molecule has 0 saturated carbocycles. The number of aliphatic hydroxyl groups is 1. The summed E-state index contributed by atoms with van der Waals surface area (Å²) in [4.78, 5) is -0.248. The standard InChI is InChI=1S/C12H10FN3O3S2/c1-8-14-15-12(20-8)16-21(18,19)10-5-4-9(3-2-6-17)11(13)7-10/h4-5,7,17H,6H2,1H3,(H,15,16).